The molecule has 0 saturated carbocycles. The number of likely N-dealkylation sites (tertiary alicyclic amines) is 1. The van der Waals surface area contributed by atoms with Crippen LogP contribution in [-0.2, 0) is 9.59 Å². The molecule has 0 bridgehead atoms. The summed E-state index contributed by atoms with van der Waals surface area (Å²) in [5, 5.41) is 2.98. The molecule has 25 heavy (non-hydrogen) atoms. The lowest BCUT2D eigenvalue weighted by atomic mass is 10.0. The fourth-order valence-electron chi connectivity index (χ4n) is 3.39. The average Bonchev–Trinajstić information content (AvgIpc) is 2.61. The van der Waals surface area contributed by atoms with Gasteiger partial charge in [0.25, 0.3) is 0 Å². The molecule has 3 rings (SSSR count). The molecule has 1 aromatic rings. The van der Waals surface area contributed by atoms with E-state index in [1.165, 1.54) is 0 Å². The van der Waals surface area contributed by atoms with Crippen molar-refractivity contribution in [2.75, 3.05) is 26.3 Å². The number of piperidine rings is 1. The first-order valence-electron chi connectivity index (χ1n) is 8.77. The first-order valence-corrected chi connectivity index (χ1v) is 8.77. The summed E-state index contributed by atoms with van der Waals surface area (Å²) in [5.74, 6) is 0.962. The van der Waals surface area contributed by atoms with Gasteiger partial charge >= 0.3 is 0 Å². The van der Waals surface area contributed by atoms with E-state index in [-0.39, 0.29) is 30.4 Å². The smallest absolute Gasteiger partial charge is 0.234 e. The number of hydrogen-bond acceptors (Lipinski definition) is 5. The lowest BCUT2D eigenvalue weighted by Crippen LogP contribution is -2.51. The molecule has 2 amide bonds. The molecule has 3 N–H and O–H groups in total. The van der Waals surface area contributed by atoms with Crippen LogP contribution >= 0.6 is 0 Å². The number of nitrogens with zero attached hydrogens (tertiary/aromatic N) is 1. The van der Waals surface area contributed by atoms with E-state index in [0.717, 1.165) is 37.1 Å². The third kappa shape index (κ3) is 4.22. The van der Waals surface area contributed by atoms with E-state index in [9.17, 15) is 9.59 Å². The minimum absolute atomic E-state index is 0.115. The molecule has 1 aromatic carbocycles. The van der Waals surface area contributed by atoms with Crippen molar-refractivity contribution < 1.29 is 19.1 Å². The standard InChI is InChI=1S/C18H25N3O4/c1-12(13-5-6-15-16(10-13)25-9-8-24-15)20-17(22)11-21-7-3-2-4-14(21)18(19)23/h5-6,10,12,14H,2-4,7-9,11H2,1H3,(H2,19,23)(H,20,22)/t12-,14-/m1/s1. The molecular weight excluding hydrogens is 322 g/mol. The zero-order valence-electron chi connectivity index (χ0n) is 14.5. The summed E-state index contributed by atoms with van der Waals surface area (Å²) in [5.41, 5.74) is 6.40. The van der Waals surface area contributed by atoms with E-state index < -0.39 is 0 Å². The first kappa shape index (κ1) is 17.5. The number of rotatable bonds is 5. The van der Waals surface area contributed by atoms with Crippen molar-refractivity contribution in [2.45, 2.75) is 38.3 Å². The van der Waals surface area contributed by atoms with Gasteiger partial charge < -0.3 is 20.5 Å². The maximum Gasteiger partial charge on any atom is 0.234 e. The molecule has 0 aromatic heterocycles. The minimum atomic E-state index is -0.354. The Kier molecular flexibility index (Phi) is 5.43. The van der Waals surface area contributed by atoms with Crippen LogP contribution in [0.1, 0.15) is 37.8 Å². The van der Waals surface area contributed by atoms with Gasteiger partial charge in [0.1, 0.15) is 13.2 Å². The van der Waals surface area contributed by atoms with Gasteiger partial charge in [0.2, 0.25) is 11.8 Å². The Balaban J connectivity index is 1.59. The highest BCUT2D eigenvalue weighted by molar-refractivity contribution is 5.82. The van der Waals surface area contributed by atoms with Crippen LogP contribution in [0.4, 0.5) is 0 Å². The van der Waals surface area contributed by atoms with Gasteiger partial charge in [-0.3, -0.25) is 14.5 Å². The quantitative estimate of drug-likeness (QED) is 0.828. The van der Waals surface area contributed by atoms with Gasteiger partial charge in [-0.15, -0.1) is 0 Å². The second kappa shape index (κ2) is 7.74. The minimum Gasteiger partial charge on any atom is -0.486 e. The van der Waals surface area contributed by atoms with E-state index in [0.29, 0.717) is 19.0 Å². The van der Waals surface area contributed by atoms with Crippen molar-refractivity contribution in [2.24, 2.45) is 5.73 Å². The molecule has 136 valence electrons. The Labute approximate surface area is 147 Å². The van der Waals surface area contributed by atoms with Gasteiger partial charge in [0.05, 0.1) is 18.6 Å². The van der Waals surface area contributed by atoms with E-state index in [1.807, 2.05) is 30.0 Å². The number of carbonyl (C=O) groups excluding carboxylic acids is 2. The van der Waals surface area contributed by atoms with Crippen molar-refractivity contribution in [1.29, 1.82) is 0 Å². The molecule has 2 heterocycles. The third-order valence-corrected chi connectivity index (χ3v) is 4.73. The summed E-state index contributed by atoms with van der Waals surface area (Å²) in [7, 11) is 0. The summed E-state index contributed by atoms with van der Waals surface area (Å²) in [6.45, 7) is 3.91. The Morgan fingerprint density at radius 3 is 2.80 bits per heavy atom. The number of nitrogens with one attached hydrogen (secondary N) is 1. The Morgan fingerprint density at radius 2 is 2.04 bits per heavy atom. The SMILES string of the molecule is C[C@@H](NC(=O)CN1CCCC[C@@H]1C(N)=O)c1ccc2c(c1)OCCO2. The predicted octanol–water partition coefficient (Wildman–Crippen LogP) is 0.975. The Hall–Kier alpha value is -2.28. The van der Waals surface area contributed by atoms with Crippen molar-refractivity contribution in [3.63, 3.8) is 0 Å². The van der Waals surface area contributed by atoms with Crippen LogP contribution in [0.15, 0.2) is 18.2 Å². The number of nitrogens with two attached hydrogens (primary N) is 1. The largest absolute Gasteiger partial charge is 0.486 e. The summed E-state index contributed by atoms with van der Waals surface area (Å²) >= 11 is 0. The highest BCUT2D eigenvalue weighted by Gasteiger charge is 2.28. The van der Waals surface area contributed by atoms with Crippen LogP contribution < -0.4 is 20.5 Å². The van der Waals surface area contributed by atoms with Gasteiger partial charge in [0.15, 0.2) is 11.5 Å². The number of ether oxygens (including phenoxy) is 2. The maximum absolute atomic E-state index is 12.4. The molecule has 1 fully saturated rings. The number of benzene rings is 1. The molecule has 0 aliphatic carbocycles. The maximum atomic E-state index is 12.4. The summed E-state index contributed by atoms with van der Waals surface area (Å²) in [4.78, 5) is 25.8. The summed E-state index contributed by atoms with van der Waals surface area (Å²) < 4.78 is 11.1. The fourth-order valence-corrected chi connectivity index (χ4v) is 3.39. The van der Waals surface area contributed by atoms with Gasteiger partial charge in [0, 0.05) is 0 Å². The molecular formula is C18H25N3O4. The van der Waals surface area contributed by atoms with E-state index in [2.05, 4.69) is 5.32 Å². The molecule has 0 unspecified atom stereocenters. The zero-order chi connectivity index (χ0) is 17.8. The number of amides is 2. The highest BCUT2D eigenvalue weighted by atomic mass is 16.6. The van der Waals surface area contributed by atoms with Crippen molar-refractivity contribution >= 4 is 11.8 Å². The van der Waals surface area contributed by atoms with Crippen molar-refractivity contribution in [3.05, 3.63) is 23.8 Å². The van der Waals surface area contributed by atoms with E-state index >= 15 is 0 Å². The van der Waals surface area contributed by atoms with Gasteiger partial charge in [-0.25, -0.2) is 0 Å². The van der Waals surface area contributed by atoms with Gasteiger partial charge in [-0.1, -0.05) is 12.5 Å². The molecule has 0 radical (unpaired) electrons. The lowest BCUT2D eigenvalue weighted by molar-refractivity contribution is -0.128. The Morgan fingerprint density at radius 1 is 1.28 bits per heavy atom. The van der Waals surface area contributed by atoms with Crippen LogP contribution in [0.2, 0.25) is 0 Å². The number of hydrogen-bond donors (Lipinski definition) is 2. The molecule has 7 heteroatoms. The zero-order valence-corrected chi connectivity index (χ0v) is 14.5. The topological polar surface area (TPSA) is 93.9 Å². The van der Waals surface area contributed by atoms with Crippen LogP contribution in [0, 0.1) is 0 Å². The predicted molar refractivity (Wildman–Crippen MR) is 92.4 cm³/mol. The van der Waals surface area contributed by atoms with Crippen molar-refractivity contribution in [1.82, 2.24) is 10.2 Å². The second-order valence-electron chi connectivity index (χ2n) is 6.58. The molecule has 2 aliphatic heterocycles. The van der Waals surface area contributed by atoms with Crippen LogP contribution in [0.5, 0.6) is 11.5 Å². The average molecular weight is 347 g/mol. The molecule has 7 nitrogen and oxygen atoms in total. The summed E-state index contributed by atoms with van der Waals surface area (Å²) in [6, 6.07) is 5.17. The molecule has 2 atom stereocenters. The van der Waals surface area contributed by atoms with Crippen LogP contribution in [0.3, 0.4) is 0 Å². The number of fused-ring (bicyclic) bond motifs is 1. The fraction of sp³-hybridized carbons (Fsp3) is 0.556. The lowest BCUT2D eigenvalue weighted by Gasteiger charge is -2.33. The first-order chi connectivity index (χ1) is 12.0. The van der Waals surface area contributed by atoms with Gasteiger partial charge in [-0.2, -0.15) is 0 Å². The Bertz CT molecular complexity index is 649. The van der Waals surface area contributed by atoms with E-state index in [1.54, 1.807) is 0 Å². The normalized spacial score (nSPS) is 21.4. The van der Waals surface area contributed by atoms with E-state index in [4.69, 9.17) is 15.2 Å². The molecule has 2 aliphatic rings. The third-order valence-electron chi connectivity index (χ3n) is 4.73. The number of primary amides is 1. The molecule has 0 spiro atoms. The van der Waals surface area contributed by atoms with Crippen LogP contribution in [-0.4, -0.2) is 49.1 Å². The monoisotopic (exact) mass is 347 g/mol. The number of carbonyl (C=O) groups is 2. The second-order valence-corrected chi connectivity index (χ2v) is 6.58. The molecule has 1 saturated heterocycles. The highest BCUT2D eigenvalue weighted by Crippen LogP contribution is 2.32. The van der Waals surface area contributed by atoms with Gasteiger partial charge in [-0.05, 0) is 44.0 Å². The van der Waals surface area contributed by atoms with Crippen molar-refractivity contribution in [3.8, 4) is 11.5 Å². The van der Waals surface area contributed by atoms with Crippen LogP contribution in [0.25, 0.3) is 0 Å². The summed E-state index contributed by atoms with van der Waals surface area (Å²) in [6.07, 6.45) is 2.68.